The van der Waals surface area contributed by atoms with Crippen molar-refractivity contribution >= 4 is 17.5 Å². The number of carbonyl (C=O) groups is 2. The molecule has 1 fully saturated rings. The lowest BCUT2D eigenvalue weighted by Crippen LogP contribution is -2.28. The summed E-state index contributed by atoms with van der Waals surface area (Å²) < 4.78 is 39.2. The van der Waals surface area contributed by atoms with E-state index in [0.29, 0.717) is 6.54 Å². The molecule has 0 radical (unpaired) electrons. The van der Waals surface area contributed by atoms with Crippen LogP contribution >= 0.6 is 0 Å². The first kappa shape index (κ1) is 18.9. The van der Waals surface area contributed by atoms with Crippen LogP contribution in [0.15, 0.2) is 48.5 Å². The molecule has 1 N–H and O–H groups in total. The van der Waals surface area contributed by atoms with Gasteiger partial charge in [-0.2, -0.15) is 13.2 Å². The summed E-state index contributed by atoms with van der Waals surface area (Å²) in [7, 11) is 0. The maximum Gasteiger partial charge on any atom is 0.418 e. The molecule has 3 rings (SSSR count). The Morgan fingerprint density at radius 2 is 1.81 bits per heavy atom. The van der Waals surface area contributed by atoms with E-state index in [2.05, 4.69) is 5.32 Å². The van der Waals surface area contributed by atoms with Gasteiger partial charge in [-0.25, -0.2) is 0 Å². The van der Waals surface area contributed by atoms with Gasteiger partial charge in [0.05, 0.1) is 17.2 Å². The fraction of sp³-hybridized carbons (Fsp3) is 0.300. The second-order valence-electron chi connectivity index (χ2n) is 6.69. The Balaban J connectivity index is 1.67. The summed E-state index contributed by atoms with van der Waals surface area (Å²) in [5.74, 6) is -1.43. The number of rotatable bonds is 4. The molecule has 1 heterocycles. The molecule has 0 bridgehead atoms. The highest BCUT2D eigenvalue weighted by atomic mass is 19.4. The number of halogens is 3. The number of nitrogens with zero attached hydrogens (tertiary/aromatic N) is 1. The highest BCUT2D eigenvalue weighted by Crippen LogP contribution is 2.35. The summed E-state index contributed by atoms with van der Waals surface area (Å²) in [5.41, 5.74) is 0.850. The molecule has 1 aliphatic heterocycles. The van der Waals surface area contributed by atoms with E-state index < -0.39 is 23.6 Å². The number of likely N-dealkylation sites (tertiary alicyclic amines) is 1. The van der Waals surface area contributed by atoms with Crippen LogP contribution in [0, 0.1) is 12.8 Å². The number of benzene rings is 2. The second kappa shape index (κ2) is 7.42. The van der Waals surface area contributed by atoms with E-state index in [4.69, 9.17) is 0 Å². The molecule has 142 valence electrons. The van der Waals surface area contributed by atoms with Crippen LogP contribution in [0.1, 0.15) is 23.1 Å². The summed E-state index contributed by atoms with van der Waals surface area (Å²) in [6.07, 6.45) is -4.57. The van der Waals surface area contributed by atoms with Crippen LogP contribution in [0.3, 0.4) is 0 Å². The number of nitrogens with one attached hydrogen (secondary N) is 1. The summed E-state index contributed by atoms with van der Waals surface area (Å²) in [4.78, 5) is 26.2. The molecule has 2 aromatic carbocycles. The van der Waals surface area contributed by atoms with Crippen LogP contribution in [0.25, 0.3) is 0 Å². The summed E-state index contributed by atoms with van der Waals surface area (Å²) in [6.45, 7) is 2.53. The van der Waals surface area contributed by atoms with Gasteiger partial charge in [0.25, 0.3) is 0 Å². The Labute approximate surface area is 155 Å². The molecule has 1 unspecified atom stereocenters. The highest BCUT2D eigenvalue weighted by Gasteiger charge is 2.37. The highest BCUT2D eigenvalue weighted by molar-refractivity contribution is 5.97. The van der Waals surface area contributed by atoms with E-state index in [9.17, 15) is 22.8 Å². The summed E-state index contributed by atoms with van der Waals surface area (Å²) >= 11 is 0. The molecule has 0 aromatic heterocycles. The number of hydrogen-bond acceptors (Lipinski definition) is 2. The van der Waals surface area contributed by atoms with Gasteiger partial charge in [-0.1, -0.05) is 42.0 Å². The zero-order valence-corrected chi connectivity index (χ0v) is 14.7. The number of aryl methyl sites for hydroxylation is 1. The monoisotopic (exact) mass is 376 g/mol. The van der Waals surface area contributed by atoms with E-state index in [-0.39, 0.29) is 24.6 Å². The van der Waals surface area contributed by atoms with E-state index >= 15 is 0 Å². The van der Waals surface area contributed by atoms with Gasteiger partial charge in [-0.3, -0.25) is 9.59 Å². The van der Waals surface area contributed by atoms with Crippen LogP contribution in [0.2, 0.25) is 0 Å². The average Bonchev–Trinajstić information content (AvgIpc) is 2.97. The van der Waals surface area contributed by atoms with Crippen LogP contribution < -0.4 is 5.32 Å². The van der Waals surface area contributed by atoms with Gasteiger partial charge in [-0.15, -0.1) is 0 Å². The maximum atomic E-state index is 13.1. The first-order valence-corrected chi connectivity index (χ1v) is 8.54. The quantitative estimate of drug-likeness (QED) is 0.877. The topological polar surface area (TPSA) is 49.4 Å². The average molecular weight is 376 g/mol. The van der Waals surface area contributed by atoms with Crippen molar-refractivity contribution < 1.29 is 22.8 Å². The normalized spacial score (nSPS) is 17.3. The maximum absolute atomic E-state index is 13.1. The van der Waals surface area contributed by atoms with Gasteiger partial charge in [0.15, 0.2) is 0 Å². The largest absolute Gasteiger partial charge is 0.418 e. The fourth-order valence-electron chi connectivity index (χ4n) is 3.09. The van der Waals surface area contributed by atoms with E-state index in [1.807, 2.05) is 31.2 Å². The number of alkyl halides is 3. The van der Waals surface area contributed by atoms with Crippen molar-refractivity contribution in [2.24, 2.45) is 5.92 Å². The third kappa shape index (κ3) is 4.48. The molecular weight excluding hydrogens is 357 g/mol. The lowest BCUT2D eigenvalue weighted by atomic mass is 10.1. The van der Waals surface area contributed by atoms with Crippen molar-refractivity contribution in [2.75, 3.05) is 11.9 Å². The number of amides is 2. The molecule has 0 aliphatic carbocycles. The minimum atomic E-state index is -4.56. The Morgan fingerprint density at radius 1 is 1.15 bits per heavy atom. The lowest BCUT2D eigenvalue weighted by molar-refractivity contribution is -0.137. The van der Waals surface area contributed by atoms with Crippen LogP contribution in [0.4, 0.5) is 18.9 Å². The summed E-state index contributed by atoms with van der Waals surface area (Å²) in [6, 6.07) is 12.5. The third-order valence-corrected chi connectivity index (χ3v) is 4.57. The molecule has 1 atom stereocenters. The van der Waals surface area contributed by atoms with Crippen LogP contribution in [-0.4, -0.2) is 23.3 Å². The van der Waals surface area contributed by atoms with Gasteiger partial charge in [0, 0.05) is 19.5 Å². The number of hydrogen-bond donors (Lipinski definition) is 1. The standard InChI is InChI=1S/C20H19F3N2O2/c1-13-6-8-14(9-7-13)11-25-12-15(10-18(25)26)19(27)24-17-5-3-2-4-16(17)20(21,22)23/h2-9,15H,10-12H2,1H3,(H,24,27). The predicted octanol–water partition coefficient (Wildman–Crippen LogP) is 4.00. The Morgan fingerprint density at radius 3 is 2.48 bits per heavy atom. The first-order valence-electron chi connectivity index (χ1n) is 8.54. The van der Waals surface area contributed by atoms with Crippen molar-refractivity contribution in [3.05, 3.63) is 65.2 Å². The molecule has 0 spiro atoms. The number of para-hydroxylation sites is 1. The molecule has 7 heteroatoms. The molecule has 2 aromatic rings. The van der Waals surface area contributed by atoms with Gasteiger partial charge in [0.1, 0.15) is 0 Å². The molecular formula is C20H19F3N2O2. The molecule has 27 heavy (non-hydrogen) atoms. The van der Waals surface area contributed by atoms with Gasteiger partial charge < -0.3 is 10.2 Å². The lowest BCUT2D eigenvalue weighted by Gasteiger charge is -2.18. The van der Waals surface area contributed by atoms with Crippen molar-refractivity contribution in [1.29, 1.82) is 0 Å². The smallest absolute Gasteiger partial charge is 0.338 e. The minimum absolute atomic E-state index is 0.00806. The Hall–Kier alpha value is -2.83. The van der Waals surface area contributed by atoms with Crippen molar-refractivity contribution in [2.45, 2.75) is 26.1 Å². The van der Waals surface area contributed by atoms with Gasteiger partial charge in [-0.05, 0) is 24.6 Å². The van der Waals surface area contributed by atoms with E-state index in [1.165, 1.54) is 18.2 Å². The van der Waals surface area contributed by atoms with E-state index in [0.717, 1.165) is 17.2 Å². The fourth-order valence-corrected chi connectivity index (χ4v) is 3.09. The van der Waals surface area contributed by atoms with Crippen LogP contribution in [0.5, 0.6) is 0 Å². The molecule has 1 saturated heterocycles. The zero-order chi connectivity index (χ0) is 19.6. The minimum Gasteiger partial charge on any atom is -0.338 e. The van der Waals surface area contributed by atoms with Crippen molar-refractivity contribution in [3.63, 3.8) is 0 Å². The molecule has 4 nitrogen and oxygen atoms in total. The predicted molar refractivity (Wildman–Crippen MR) is 94.8 cm³/mol. The summed E-state index contributed by atoms with van der Waals surface area (Å²) in [5, 5.41) is 2.33. The molecule has 0 saturated carbocycles. The van der Waals surface area contributed by atoms with Crippen molar-refractivity contribution in [3.8, 4) is 0 Å². The third-order valence-electron chi connectivity index (χ3n) is 4.57. The molecule has 1 aliphatic rings. The number of anilines is 1. The number of carbonyl (C=O) groups excluding carboxylic acids is 2. The molecule has 2 amide bonds. The van der Waals surface area contributed by atoms with Crippen molar-refractivity contribution in [1.82, 2.24) is 4.90 Å². The zero-order valence-electron chi connectivity index (χ0n) is 14.7. The van der Waals surface area contributed by atoms with Gasteiger partial charge >= 0.3 is 6.18 Å². The second-order valence-corrected chi connectivity index (χ2v) is 6.69. The Kier molecular flexibility index (Phi) is 5.21. The SMILES string of the molecule is Cc1ccc(CN2CC(C(=O)Nc3ccccc3C(F)(F)F)CC2=O)cc1. The van der Waals surface area contributed by atoms with Gasteiger partial charge in [0.2, 0.25) is 11.8 Å². The Bertz CT molecular complexity index is 847. The van der Waals surface area contributed by atoms with E-state index in [1.54, 1.807) is 4.90 Å². The van der Waals surface area contributed by atoms with Crippen LogP contribution in [-0.2, 0) is 22.3 Å². The first-order chi connectivity index (χ1) is 12.7.